The van der Waals surface area contributed by atoms with Crippen molar-refractivity contribution in [3.05, 3.63) is 101 Å². The number of nitrogens with zero attached hydrogens (tertiary/aromatic N) is 1. The van der Waals surface area contributed by atoms with Gasteiger partial charge in [-0.05, 0) is 35.5 Å². The largest absolute Gasteiger partial charge is 0.484 e. The number of hydrogen-bond acceptors (Lipinski definition) is 4. The van der Waals surface area contributed by atoms with Crippen molar-refractivity contribution in [2.75, 3.05) is 13.6 Å². The minimum atomic E-state index is 0.0593. The lowest BCUT2D eigenvalue weighted by molar-refractivity contribution is -0.0979. The van der Waals surface area contributed by atoms with Crippen molar-refractivity contribution < 1.29 is 9.53 Å². The predicted octanol–water partition coefficient (Wildman–Crippen LogP) is 9.44. The average Bonchev–Trinajstić information content (AvgIpc) is 3.51. The zero-order chi connectivity index (χ0) is 27.2. The minimum Gasteiger partial charge on any atom is -0.484 e. The molecule has 1 atom stereocenters. The Labute approximate surface area is 223 Å². The van der Waals surface area contributed by atoms with Gasteiger partial charge in [0.1, 0.15) is 18.6 Å². The molecule has 1 unspecified atom stereocenters. The normalized spacial score (nSPS) is 10.2. The summed E-state index contributed by atoms with van der Waals surface area (Å²) in [5.41, 5.74) is 1.34. The molecule has 36 heavy (non-hydrogen) atoms. The molecule has 0 aliphatic heterocycles. The van der Waals surface area contributed by atoms with Gasteiger partial charge in [0.2, 0.25) is 0 Å². The van der Waals surface area contributed by atoms with Gasteiger partial charge in [0, 0.05) is 29.8 Å². The molecule has 1 aromatic heterocycles. The fraction of sp³-hybridized carbons (Fsp3) is 0.344. The molecule has 0 aliphatic rings. The lowest BCUT2D eigenvalue weighted by atomic mass is 10.1. The SMILES string of the molecule is C=O.CC.CC.CC.CN(CCC(Oc1cccc2ccccc12)c1cccs1)Cc1ccccc1. The van der Waals surface area contributed by atoms with E-state index < -0.39 is 0 Å². The Hall–Kier alpha value is -2.95. The van der Waals surface area contributed by atoms with E-state index in [-0.39, 0.29) is 6.10 Å². The molecule has 1 heterocycles. The van der Waals surface area contributed by atoms with E-state index in [1.165, 1.54) is 21.2 Å². The van der Waals surface area contributed by atoms with Crippen LogP contribution in [0.2, 0.25) is 0 Å². The van der Waals surface area contributed by atoms with Gasteiger partial charge < -0.3 is 14.4 Å². The Kier molecular flexibility index (Phi) is 19.6. The van der Waals surface area contributed by atoms with E-state index in [9.17, 15) is 0 Å². The van der Waals surface area contributed by atoms with Crippen molar-refractivity contribution in [2.45, 2.75) is 60.6 Å². The molecule has 0 saturated carbocycles. The lowest BCUT2D eigenvalue weighted by Gasteiger charge is -2.23. The van der Waals surface area contributed by atoms with Gasteiger partial charge in [0.15, 0.2) is 0 Å². The Morgan fingerprint density at radius 2 is 1.39 bits per heavy atom. The van der Waals surface area contributed by atoms with Crippen LogP contribution >= 0.6 is 11.3 Å². The van der Waals surface area contributed by atoms with Gasteiger partial charge >= 0.3 is 0 Å². The molecule has 0 bridgehead atoms. The molecule has 4 heteroatoms. The molecule has 0 N–H and O–H groups in total. The number of carbonyl (C=O) groups is 1. The van der Waals surface area contributed by atoms with E-state index >= 15 is 0 Å². The number of rotatable bonds is 8. The number of thiophene rings is 1. The van der Waals surface area contributed by atoms with E-state index in [0.717, 1.165) is 25.3 Å². The highest BCUT2D eigenvalue weighted by atomic mass is 32.1. The third-order valence-electron chi connectivity index (χ3n) is 4.95. The predicted molar refractivity (Wildman–Crippen MR) is 160 cm³/mol. The van der Waals surface area contributed by atoms with Crippen molar-refractivity contribution in [2.24, 2.45) is 0 Å². The second-order valence-electron chi connectivity index (χ2n) is 7.11. The molecule has 0 amide bonds. The van der Waals surface area contributed by atoms with Gasteiger partial charge in [-0.3, -0.25) is 0 Å². The molecule has 4 rings (SSSR count). The molecule has 0 aliphatic carbocycles. The van der Waals surface area contributed by atoms with Crippen LogP contribution in [-0.4, -0.2) is 25.3 Å². The number of benzene rings is 3. The highest BCUT2D eigenvalue weighted by molar-refractivity contribution is 7.10. The Morgan fingerprint density at radius 1 is 0.778 bits per heavy atom. The number of hydrogen-bond donors (Lipinski definition) is 0. The Bertz CT molecular complexity index is 1010. The van der Waals surface area contributed by atoms with Gasteiger partial charge in [0.05, 0.1) is 0 Å². The maximum absolute atomic E-state index is 8.00. The van der Waals surface area contributed by atoms with Gasteiger partial charge in [-0.25, -0.2) is 0 Å². The van der Waals surface area contributed by atoms with Crippen molar-refractivity contribution in [3.8, 4) is 5.75 Å². The molecular weight excluding hydrogens is 462 g/mol. The van der Waals surface area contributed by atoms with E-state index in [1.54, 1.807) is 11.3 Å². The summed E-state index contributed by atoms with van der Waals surface area (Å²) in [4.78, 5) is 11.6. The fourth-order valence-electron chi connectivity index (χ4n) is 3.50. The summed E-state index contributed by atoms with van der Waals surface area (Å²) in [6.45, 7) is 15.9. The van der Waals surface area contributed by atoms with Crippen LogP contribution in [0.4, 0.5) is 0 Å². The van der Waals surface area contributed by atoms with Gasteiger partial charge in [-0.1, -0.05) is 114 Å². The first-order valence-corrected chi connectivity index (χ1v) is 13.9. The zero-order valence-corrected chi connectivity index (χ0v) is 24.1. The summed E-state index contributed by atoms with van der Waals surface area (Å²) in [7, 11) is 2.18. The monoisotopic (exact) mass is 507 g/mol. The quantitative estimate of drug-likeness (QED) is 0.238. The van der Waals surface area contributed by atoms with Crippen molar-refractivity contribution in [1.29, 1.82) is 0 Å². The van der Waals surface area contributed by atoms with Crippen LogP contribution in [0.1, 0.15) is 64.5 Å². The summed E-state index contributed by atoms with van der Waals surface area (Å²) in [6, 6.07) is 29.6. The van der Waals surface area contributed by atoms with Crippen LogP contribution in [0.25, 0.3) is 10.8 Å². The molecule has 0 fully saturated rings. The zero-order valence-electron chi connectivity index (χ0n) is 23.2. The molecule has 0 spiro atoms. The van der Waals surface area contributed by atoms with Crippen LogP contribution < -0.4 is 4.74 Å². The standard InChI is InChI=1S/C25H25NOS.3C2H6.CH2O/c1-26(19-20-9-3-2-4-10-20)17-16-24(25-15-8-18-28-25)27-23-14-7-12-21-11-5-6-13-22(21)23;4*1-2/h2-15,18,24H,16-17,19H2,1H3;3*1-2H3;1H2. The smallest absolute Gasteiger partial charge is 0.134 e. The van der Waals surface area contributed by atoms with Crippen molar-refractivity contribution in [3.63, 3.8) is 0 Å². The summed E-state index contributed by atoms with van der Waals surface area (Å²) >= 11 is 1.77. The molecule has 0 saturated heterocycles. The van der Waals surface area contributed by atoms with Crippen LogP contribution in [0.5, 0.6) is 5.75 Å². The average molecular weight is 508 g/mol. The van der Waals surface area contributed by atoms with Gasteiger partial charge in [0.25, 0.3) is 0 Å². The highest BCUT2D eigenvalue weighted by Gasteiger charge is 2.17. The highest BCUT2D eigenvalue weighted by Crippen LogP contribution is 2.33. The third kappa shape index (κ3) is 11.2. The Morgan fingerprint density at radius 3 is 2.03 bits per heavy atom. The maximum atomic E-state index is 8.00. The van der Waals surface area contributed by atoms with E-state index in [4.69, 9.17) is 9.53 Å². The molecule has 196 valence electrons. The van der Waals surface area contributed by atoms with Gasteiger partial charge in [-0.15, -0.1) is 11.3 Å². The molecule has 0 radical (unpaired) electrons. The molecule has 3 nitrogen and oxygen atoms in total. The van der Waals surface area contributed by atoms with Crippen molar-refractivity contribution >= 4 is 28.9 Å². The summed E-state index contributed by atoms with van der Waals surface area (Å²) in [5, 5.41) is 4.51. The first-order chi connectivity index (χ1) is 17.8. The van der Waals surface area contributed by atoms with Crippen LogP contribution in [0, 0.1) is 0 Å². The summed E-state index contributed by atoms with van der Waals surface area (Å²) in [5.74, 6) is 0.960. The lowest BCUT2D eigenvalue weighted by Crippen LogP contribution is -2.22. The first kappa shape index (κ1) is 33.1. The first-order valence-electron chi connectivity index (χ1n) is 13.0. The number of carbonyl (C=O) groups excluding carboxylic acids is 1. The van der Waals surface area contributed by atoms with Crippen molar-refractivity contribution in [1.82, 2.24) is 4.90 Å². The fourth-order valence-corrected chi connectivity index (χ4v) is 4.29. The number of fused-ring (bicyclic) bond motifs is 1. The second-order valence-corrected chi connectivity index (χ2v) is 8.09. The number of ether oxygens (including phenoxy) is 1. The molecule has 4 aromatic rings. The molecular formula is C32H45NO2S. The third-order valence-corrected chi connectivity index (χ3v) is 5.91. The Balaban J connectivity index is 0.00000140. The van der Waals surface area contributed by atoms with E-state index in [1.807, 2.05) is 48.3 Å². The summed E-state index contributed by atoms with van der Waals surface area (Å²) < 4.78 is 6.56. The van der Waals surface area contributed by atoms with Crippen LogP contribution in [-0.2, 0) is 11.3 Å². The second kappa shape index (κ2) is 21.3. The maximum Gasteiger partial charge on any atom is 0.134 e. The van der Waals surface area contributed by atoms with Crippen LogP contribution in [0.3, 0.4) is 0 Å². The van der Waals surface area contributed by atoms with E-state index in [0.29, 0.717) is 0 Å². The topological polar surface area (TPSA) is 29.5 Å². The van der Waals surface area contributed by atoms with Crippen LogP contribution in [0.15, 0.2) is 90.3 Å². The summed E-state index contributed by atoms with van der Waals surface area (Å²) in [6.07, 6.45) is 1.01. The minimum absolute atomic E-state index is 0.0593. The van der Waals surface area contributed by atoms with E-state index in [2.05, 4.69) is 102 Å². The van der Waals surface area contributed by atoms with Gasteiger partial charge in [-0.2, -0.15) is 0 Å². The molecule has 3 aromatic carbocycles.